The van der Waals surface area contributed by atoms with E-state index in [1.807, 2.05) is 0 Å². The molecule has 0 radical (unpaired) electrons. The molecule has 0 aliphatic heterocycles. The summed E-state index contributed by atoms with van der Waals surface area (Å²) >= 11 is -5.38. The van der Waals surface area contributed by atoms with Crippen LogP contribution in [0.25, 0.3) is 0 Å². The van der Waals surface area contributed by atoms with Crippen molar-refractivity contribution in [1.82, 2.24) is 6.15 Å². The van der Waals surface area contributed by atoms with E-state index in [0.29, 0.717) is 0 Å². The van der Waals surface area contributed by atoms with Gasteiger partial charge in [-0.1, -0.05) is 30.3 Å². The third kappa shape index (κ3) is 9.89. The van der Waals surface area contributed by atoms with Crippen LogP contribution in [0.5, 0.6) is 0 Å². The van der Waals surface area contributed by atoms with Gasteiger partial charge in [0.25, 0.3) is 0 Å². The fourth-order valence-electron chi connectivity index (χ4n) is 1.98. The molecule has 7 heteroatoms. The molecule has 1 aromatic rings. The first kappa shape index (κ1) is 21.3. The molecule has 0 aliphatic carbocycles. The summed E-state index contributed by atoms with van der Waals surface area (Å²) in [7, 11) is 0. The summed E-state index contributed by atoms with van der Waals surface area (Å²) in [5.74, 6) is 0. The van der Waals surface area contributed by atoms with Crippen LogP contribution < -0.4 is 6.15 Å². The van der Waals surface area contributed by atoms with Crippen LogP contribution in [0, 0.1) is 0 Å². The van der Waals surface area contributed by atoms with Gasteiger partial charge in [-0.25, -0.2) is 0 Å². The summed E-state index contributed by atoms with van der Waals surface area (Å²) in [5.41, 5.74) is 1.46. The molecule has 1 aromatic carbocycles. The van der Waals surface area contributed by atoms with Gasteiger partial charge in [0, 0.05) is 5.56 Å². The Labute approximate surface area is 122 Å². The van der Waals surface area contributed by atoms with Crippen molar-refractivity contribution in [1.29, 1.82) is 0 Å². The molecule has 0 spiro atoms. The molecule has 0 fully saturated rings. The van der Waals surface area contributed by atoms with Crippen molar-refractivity contribution in [2.24, 2.45) is 0 Å². The Morgan fingerprint density at radius 2 is 1.30 bits per heavy atom. The monoisotopic (exact) mass is 329 g/mol. The van der Waals surface area contributed by atoms with E-state index in [1.54, 1.807) is 0 Å². The van der Waals surface area contributed by atoms with Crippen molar-refractivity contribution in [3.05, 3.63) is 35.9 Å². The predicted octanol–water partition coefficient (Wildman–Crippen LogP) is 2.31. The van der Waals surface area contributed by atoms with Crippen LogP contribution in [0.3, 0.4) is 0 Å². The molecule has 0 saturated heterocycles. The Morgan fingerprint density at radius 1 is 0.950 bits per heavy atom. The van der Waals surface area contributed by atoms with Gasteiger partial charge in [0.1, 0.15) is 6.54 Å². The molecule has 0 unspecified atom stereocenters. The standard InChI is InChI=1S/C13H22N.Mn.H3N.H2O.3O/c1-4-14(5-2,6-3)12-13-10-8-7-9-11-13;;;;;;/h7-11H,4-6,12H2,1-3H3;;1H3;1H2;;;/q2*+1;;;;;/p-1. The summed E-state index contributed by atoms with van der Waals surface area (Å²) in [6.07, 6.45) is 0. The molecular weight excluding hydrogens is 303 g/mol. The minimum atomic E-state index is -5.38. The minimum absolute atomic E-state index is 0. The topological polar surface area (TPSA) is 106 Å². The number of hydrogen-bond acceptors (Lipinski definition) is 4. The Morgan fingerprint density at radius 3 is 1.60 bits per heavy atom. The van der Waals surface area contributed by atoms with E-state index >= 15 is 0 Å². The van der Waals surface area contributed by atoms with Crippen LogP contribution in [0.4, 0.5) is 0 Å². The third-order valence-electron chi connectivity index (χ3n) is 3.37. The molecule has 0 amide bonds. The normalized spacial score (nSPS) is 11.0. The van der Waals surface area contributed by atoms with Crippen LogP contribution >= 0.6 is 0 Å². The van der Waals surface area contributed by atoms with Gasteiger partial charge in [-0.3, -0.25) is 0 Å². The van der Waals surface area contributed by atoms with Crippen LogP contribution in [0.15, 0.2) is 30.3 Å². The first-order valence-corrected chi connectivity index (χ1v) is 8.26. The molecule has 0 heterocycles. The molecule has 1 rings (SSSR count). The third-order valence-corrected chi connectivity index (χ3v) is 3.37. The molecule has 0 bridgehead atoms. The zero-order chi connectivity index (χ0) is 14.9. The SMILES string of the molecule is CC[N+](CC)(CC)Cc1ccccc1.N.[O]=[Mn](=[O])(=[O])[OH]. The summed E-state index contributed by atoms with van der Waals surface area (Å²) in [4.78, 5) is 0. The Bertz CT molecular complexity index is 483. The Kier molecular flexibility index (Phi) is 10.5. The maximum absolute atomic E-state index is 8.69. The second-order valence-electron chi connectivity index (χ2n) is 4.33. The van der Waals surface area contributed by atoms with Gasteiger partial charge in [-0.2, -0.15) is 0 Å². The van der Waals surface area contributed by atoms with E-state index in [4.69, 9.17) is 15.7 Å². The first-order valence-electron chi connectivity index (χ1n) is 6.28. The molecule has 0 atom stereocenters. The zero-order valence-electron chi connectivity index (χ0n) is 12.4. The van der Waals surface area contributed by atoms with Crippen molar-refractivity contribution in [3.63, 3.8) is 0 Å². The van der Waals surface area contributed by atoms with Crippen molar-refractivity contribution in [2.45, 2.75) is 27.3 Å². The summed E-state index contributed by atoms with van der Waals surface area (Å²) in [6.45, 7) is 11.7. The quantitative estimate of drug-likeness (QED) is 0.637. The van der Waals surface area contributed by atoms with E-state index in [-0.39, 0.29) is 6.15 Å². The fourth-order valence-corrected chi connectivity index (χ4v) is 1.98. The molecule has 0 aliphatic rings. The van der Waals surface area contributed by atoms with E-state index in [2.05, 4.69) is 51.1 Å². The van der Waals surface area contributed by atoms with Gasteiger partial charge < -0.3 is 10.6 Å². The van der Waals surface area contributed by atoms with E-state index < -0.39 is 13.0 Å². The van der Waals surface area contributed by atoms with Gasteiger partial charge in [0.2, 0.25) is 0 Å². The molecule has 6 nitrogen and oxygen atoms in total. The summed E-state index contributed by atoms with van der Waals surface area (Å²) < 4.78 is 34.3. The molecule has 118 valence electrons. The van der Waals surface area contributed by atoms with Gasteiger partial charge in [-0.05, 0) is 20.8 Å². The number of nitrogens with zero attached hydrogens (tertiary/aromatic N) is 1. The van der Waals surface area contributed by atoms with Crippen LogP contribution in [-0.2, 0) is 31.0 Å². The van der Waals surface area contributed by atoms with Crippen LogP contribution in [0.1, 0.15) is 26.3 Å². The van der Waals surface area contributed by atoms with Crippen molar-refractivity contribution >= 4 is 0 Å². The van der Waals surface area contributed by atoms with Gasteiger partial charge >= 0.3 is 28.7 Å². The average Bonchev–Trinajstić information content (AvgIpc) is 2.35. The van der Waals surface area contributed by atoms with E-state index in [0.717, 1.165) is 0 Å². The number of quaternary nitrogens is 1. The molecule has 0 aromatic heterocycles. The van der Waals surface area contributed by atoms with Crippen molar-refractivity contribution in [3.8, 4) is 0 Å². The van der Waals surface area contributed by atoms with Gasteiger partial charge in [0.15, 0.2) is 0 Å². The second kappa shape index (κ2) is 9.85. The molecule has 0 saturated carbocycles. The molecular formula is C13H26MnN2O4+. The van der Waals surface area contributed by atoms with Crippen LogP contribution in [0.2, 0.25) is 0 Å². The molecule has 20 heavy (non-hydrogen) atoms. The Hall–Kier alpha value is -0.981. The number of rotatable bonds is 5. The molecule has 4 N–H and O–H groups in total. The van der Waals surface area contributed by atoms with Gasteiger partial charge in [0.05, 0.1) is 19.6 Å². The van der Waals surface area contributed by atoms with E-state index in [9.17, 15) is 0 Å². The van der Waals surface area contributed by atoms with E-state index in [1.165, 1.54) is 36.2 Å². The predicted molar refractivity (Wildman–Crippen MR) is 71.3 cm³/mol. The number of hydrogen-bond donors (Lipinski definition) is 2. The average molecular weight is 329 g/mol. The fraction of sp³-hybridized carbons (Fsp3) is 0.538. The zero-order valence-corrected chi connectivity index (χ0v) is 13.6. The second-order valence-corrected chi connectivity index (χ2v) is 5.57. The maximum atomic E-state index is 8.69. The summed E-state index contributed by atoms with van der Waals surface area (Å²) in [5, 5.41) is 0. The Balaban J connectivity index is 0. The van der Waals surface area contributed by atoms with Crippen molar-refractivity contribution in [2.75, 3.05) is 19.6 Å². The first-order chi connectivity index (χ1) is 8.76. The number of benzene rings is 1. The van der Waals surface area contributed by atoms with Gasteiger partial charge in [-0.15, -0.1) is 0 Å². The summed E-state index contributed by atoms with van der Waals surface area (Å²) in [6, 6.07) is 10.8. The van der Waals surface area contributed by atoms with Crippen LogP contribution in [-0.4, -0.2) is 28.3 Å². The van der Waals surface area contributed by atoms with Crippen molar-refractivity contribution < 1.29 is 33.1 Å².